The maximum absolute atomic E-state index is 12.7. The lowest BCUT2D eigenvalue weighted by molar-refractivity contribution is -0.137. The van der Waals surface area contributed by atoms with E-state index in [0.29, 0.717) is 11.3 Å². The summed E-state index contributed by atoms with van der Waals surface area (Å²) in [6, 6.07) is 11.3. The topological polar surface area (TPSA) is 61.4 Å². The standard InChI is InChI=1S/C20H20F3N3O2/c21-20(22,23)15-6-4-8-17(12-15)25-18(27)13-24-16-7-3-5-14(11-16)19(28)26-9-1-2-10-26/h3-8,11-12,24H,1-2,9-10,13H2,(H,25,27). The van der Waals surface area contributed by atoms with Gasteiger partial charge in [-0.3, -0.25) is 9.59 Å². The van der Waals surface area contributed by atoms with Crippen molar-refractivity contribution < 1.29 is 22.8 Å². The van der Waals surface area contributed by atoms with Gasteiger partial charge in [-0.1, -0.05) is 12.1 Å². The van der Waals surface area contributed by atoms with Crippen LogP contribution in [0.15, 0.2) is 48.5 Å². The van der Waals surface area contributed by atoms with E-state index in [4.69, 9.17) is 0 Å². The molecule has 2 N–H and O–H groups in total. The number of nitrogens with zero attached hydrogens (tertiary/aromatic N) is 1. The molecule has 0 bridgehead atoms. The summed E-state index contributed by atoms with van der Waals surface area (Å²) in [4.78, 5) is 26.3. The third kappa shape index (κ3) is 5.03. The fraction of sp³-hybridized carbons (Fsp3) is 0.300. The first-order valence-electron chi connectivity index (χ1n) is 8.93. The molecule has 0 atom stereocenters. The highest BCUT2D eigenvalue weighted by Crippen LogP contribution is 2.30. The lowest BCUT2D eigenvalue weighted by Crippen LogP contribution is -2.27. The zero-order valence-corrected chi connectivity index (χ0v) is 15.1. The molecular weight excluding hydrogens is 371 g/mol. The average molecular weight is 391 g/mol. The summed E-state index contributed by atoms with van der Waals surface area (Å²) >= 11 is 0. The minimum Gasteiger partial charge on any atom is -0.376 e. The molecule has 5 nitrogen and oxygen atoms in total. The maximum Gasteiger partial charge on any atom is 0.416 e. The van der Waals surface area contributed by atoms with E-state index in [1.165, 1.54) is 12.1 Å². The number of carbonyl (C=O) groups excluding carboxylic acids is 2. The average Bonchev–Trinajstić information content (AvgIpc) is 3.20. The number of rotatable bonds is 5. The van der Waals surface area contributed by atoms with Crippen molar-refractivity contribution in [2.24, 2.45) is 0 Å². The number of carbonyl (C=O) groups is 2. The predicted octanol–water partition coefficient (Wildman–Crippen LogP) is 3.99. The zero-order chi connectivity index (χ0) is 20.1. The first-order chi connectivity index (χ1) is 13.3. The van der Waals surface area contributed by atoms with Crippen molar-refractivity contribution in [2.45, 2.75) is 19.0 Å². The van der Waals surface area contributed by atoms with E-state index < -0.39 is 17.6 Å². The number of nitrogens with one attached hydrogen (secondary N) is 2. The quantitative estimate of drug-likeness (QED) is 0.810. The molecule has 0 unspecified atom stereocenters. The van der Waals surface area contributed by atoms with Gasteiger partial charge < -0.3 is 15.5 Å². The molecule has 0 aliphatic carbocycles. The van der Waals surface area contributed by atoms with Gasteiger partial charge in [-0.2, -0.15) is 13.2 Å². The highest BCUT2D eigenvalue weighted by molar-refractivity contribution is 5.96. The fourth-order valence-electron chi connectivity index (χ4n) is 3.03. The van der Waals surface area contributed by atoms with Crippen LogP contribution in [0.25, 0.3) is 0 Å². The number of likely N-dealkylation sites (tertiary alicyclic amines) is 1. The van der Waals surface area contributed by atoms with E-state index in [2.05, 4.69) is 10.6 Å². The summed E-state index contributed by atoms with van der Waals surface area (Å²) < 4.78 is 38.2. The highest BCUT2D eigenvalue weighted by atomic mass is 19.4. The summed E-state index contributed by atoms with van der Waals surface area (Å²) in [6.07, 6.45) is -2.47. The molecule has 1 fully saturated rings. The molecule has 2 aromatic carbocycles. The predicted molar refractivity (Wildman–Crippen MR) is 100 cm³/mol. The van der Waals surface area contributed by atoms with Crippen LogP contribution in [0.2, 0.25) is 0 Å². The first kappa shape index (κ1) is 19.7. The second kappa shape index (κ2) is 8.33. The number of anilines is 2. The molecule has 148 valence electrons. The van der Waals surface area contributed by atoms with Gasteiger partial charge in [-0.05, 0) is 49.2 Å². The van der Waals surface area contributed by atoms with Crippen LogP contribution in [0.5, 0.6) is 0 Å². The van der Waals surface area contributed by atoms with Crippen molar-refractivity contribution in [3.05, 3.63) is 59.7 Å². The Kier molecular flexibility index (Phi) is 5.87. The van der Waals surface area contributed by atoms with Gasteiger partial charge in [-0.15, -0.1) is 0 Å². The van der Waals surface area contributed by atoms with Crippen LogP contribution in [0, 0.1) is 0 Å². The number of alkyl halides is 3. The van der Waals surface area contributed by atoms with Gasteiger partial charge in [0, 0.05) is 30.0 Å². The number of amides is 2. The first-order valence-corrected chi connectivity index (χ1v) is 8.93. The lowest BCUT2D eigenvalue weighted by Gasteiger charge is -2.16. The van der Waals surface area contributed by atoms with E-state index >= 15 is 0 Å². The molecule has 0 aromatic heterocycles. The van der Waals surface area contributed by atoms with Crippen LogP contribution in [0.3, 0.4) is 0 Å². The Morgan fingerprint density at radius 3 is 2.36 bits per heavy atom. The van der Waals surface area contributed by atoms with Crippen molar-refractivity contribution in [3.8, 4) is 0 Å². The third-order valence-electron chi connectivity index (χ3n) is 4.43. The highest BCUT2D eigenvalue weighted by Gasteiger charge is 2.30. The third-order valence-corrected chi connectivity index (χ3v) is 4.43. The molecule has 1 aliphatic rings. The smallest absolute Gasteiger partial charge is 0.376 e. The second-order valence-corrected chi connectivity index (χ2v) is 6.56. The summed E-state index contributed by atoms with van der Waals surface area (Å²) in [5.41, 5.74) is 0.361. The van der Waals surface area contributed by atoms with Crippen LogP contribution in [0.4, 0.5) is 24.5 Å². The van der Waals surface area contributed by atoms with Crippen molar-refractivity contribution in [1.82, 2.24) is 4.90 Å². The van der Waals surface area contributed by atoms with Crippen LogP contribution < -0.4 is 10.6 Å². The monoisotopic (exact) mass is 391 g/mol. The minimum absolute atomic E-state index is 0.0467. The lowest BCUT2D eigenvalue weighted by atomic mass is 10.1. The van der Waals surface area contributed by atoms with Crippen LogP contribution in [0.1, 0.15) is 28.8 Å². The molecule has 1 heterocycles. The zero-order valence-electron chi connectivity index (χ0n) is 15.1. The Morgan fingerprint density at radius 2 is 1.64 bits per heavy atom. The number of benzene rings is 2. The molecule has 1 aliphatic heterocycles. The maximum atomic E-state index is 12.7. The van der Waals surface area contributed by atoms with Gasteiger partial charge in [0.25, 0.3) is 5.91 Å². The Hall–Kier alpha value is -3.03. The van der Waals surface area contributed by atoms with Crippen molar-refractivity contribution in [2.75, 3.05) is 30.3 Å². The summed E-state index contributed by atoms with van der Waals surface area (Å²) in [7, 11) is 0. The van der Waals surface area contributed by atoms with Crippen LogP contribution in [-0.4, -0.2) is 36.3 Å². The molecule has 3 rings (SSSR count). The molecule has 0 spiro atoms. The Morgan fingerprint density at radius 1 is 0.964 bits per heavy atom. The number of halogens is 3. The van der Waals surface area contributed by atoms with Crippen LogP contribution in [-0.2, 0) is 11.0 Å². The number of hydrogen-bond acceptors (Lipinski definition) is 3. The Balaban J connectivity index is 1.57. The molecular formula is C20H20F3N3O2. The van der Waals surface area contributed by atoms with Gasteiger partial charge in [0.05, 0.1) is 12.1 Å². The fourth-order valence-corrected chi connectivity index (χ4v) is 3.03. The van der Waals surface area contributed by atoms with Gasteiger partial charge >= 0.3 is 6.18 Å². The Labute approximate surface area is 160 Å². The van der Waals surface area contributed by atoms with Crippen molar-refractivity contribution >= 4 is 23.2 Å². The van der Waals surface area contributed by atoms with Gasteiger partial charge in [0.1, 0.15) is 0 Å². The Bertz CT molecular complexity index is 862. The van der Waals surface area contributed by atoms with E-state index in [-0.39, 0.29) is 18.1 Å². The minimum atomic E-state index is -4.47. The van der Waals surface area contributed by atoms with E-state index in [9.17, 15) is 22.8 Å². The van der Waals surface area contributed by atoms with Crippen molar-refractivity contribution in [1.29, 1.82) is 0 Å². The van der Waals surface area contributed by atoms with Crippen LogP contribution >= 0.6 is 0 Å². The molecule has 28 heavy (non-hydrogen) atoms. The number of hydrogen-bond donors (Lipinski definition) is 2. The van der Waals surface area contributed by atoms with E-state index in [1.54, 1.807) is 29.2 Å². The van der Waals surface area contributed by atoms with Gasteiger partial charge in [0.15, 0.2) is 0 Å². The van der Waals surface area contributed by atoms with Gasteiger partial charge in [-0.25, -0.2) is 0 Å². The molecule has 2 amide bonds. The normalized spacial score (nSPS) is 14.0. The van der Waals surface area contributed by atoms with Crippen molar-refractivity contribution in [3.63, 3.8) is 0 Å². The molecule has 2 aromatic rings. The molecule has 0 saturated carbocycles. The molecule has 8 heteroatoms. The molecule has 0 radical (unpaired) electrons. The second-order valence-electron chi connectivity index (χ2n) is 6.56. The summed E-state index contributed by atoms with van der Waals surface area (Å²) in [5, 5.41) is 5.32. The summed E-state index contributed by atoms with van der Waals surface area (Å²) in [5.74, 6) is -0.537. The SMILES string of the molecule is O=C(CNc1cccc(C(=O)N2CCCC2)c1)Nc1cccc(C(F)(F)F)c1. The largest absolute Gasteiger partial charge is 0.416 e. The van der Waals surface area contributed by atoms with Gasteiger partial charge in [0.2, 0.25) is 5.91 Å². The summed E-state index contributed by atoms with van der Waals surface area (Å²) in [6.45, 7) is 1.35. The molecule has 1 saturated heterocycles. The van der Waals surface area contributed by atoms with E-state index in [1.807, 2.05) is 0 Å². The van der Waals surface area contributed by atoms with E-state index in [0.717, 1.165) is 38.1 Å².